The molecular formula is C13H20N2O2. The first-order valence-corrected chi connectivity index (χ1v) is 5.70. The van der Waals surface area contributed by atoms with Crippen LogP contribution in [0.5, 0.6) is 0 Å². The first kappa shape index (κ1) is 13.4. The van der Waals surface area contributed by atoms with E-state index in [-0.39, 0.29) is 0 Å². The highest BCUT2D eigenvalue weighted by Gasteiger charge is 2.29. The van der Waals surface area contributed by atoms with Crippen molar-refractivity contribution in [2.75, 3.05) is 23.7 Å². The number of nitrogen functional groups attached to an aromatic ring is 1. The molecule has 0 heterocycles. The number of aliphatic carboxylic acids is 1. The van der Waals surface area contributed by atoms with Crippen LogP contribution in [0.2, 0.25) is 0 Å². The summed E-state index contributed by atoms with van der Waals surface area (Å²) in [6.07, 6.45) is 0. The van der Waals surface area contributed by atoms with Gasteiger partial charge in [-0.25, -0.2) is 0 Å². The van der Waals surface area contributed by atoms with E-state index in [1.165, 1.54) is 0 Å². The van der Waals surface area contributed by atoms with E-state index in [1.807, 2.05) is 36.1 Å². The first-order chi connectivity index (χ1) is 7.86. The minimum absolute atomic E-state index is 0.475. The van der Waals surface area contributed by atoms with Gasteiger partial charge in [-0.2, -0.15) is 0 Å². The predicted molar refractivity (Wildman–Crippen MR) is 70.2 cm³/mol. The normalized spacial score (nSPS) is 11.2. The van der Waals surface area contributed by atoms with E-state index >= 15 is 0 Å². The van der Waals surface area contributed by atoms with E-state index in [2.05, 4.69) is 0 Å². The molecule has 0 aromatic heterocycles. The highest BCUT2D eigenvalue weighted by molar-refractivity contribution is 5.74. The van der Waals surface area contributed by atoms with Crippen LogP contribution in [0.25, 0.3) is 0 Å². The molecule has 0 unspecified atom stereocenters. The lowest BCUT2D eigenvalue weighted by molar-refractivity contribution is -0.146. The van der Waals surface area contributed by atoms with Crippen molar-refractivity contribution in [3.05, 3.63) is 24.3 Å². The summed E-state index contributed by atoms with van der Waals surface area (Å²) in [5.74, 6) is -0.786. The predicted octanol–water partition coefficient (Wildman–Crippen LogP) is 2.21. The Balaban J connectivity index is 2.86. The number of nitrogens with two attached hydrogens (primary N) is 1. The Morgan fingerprint density at radius 1 is 1.35 bits per heavy atom. The Kier molecular flexibility index (Phi) is 3.99. The molecule has 1 aromatic carbocycles. The van der Waals surface area contributed by atoms with Gasteiger partial charge >= 0.3 is 5.97 Å². The van der Waals surface area contributed by atoms with E-state index in [0.717, 1.165) is 12.2 Å². The third-order valence-electron chi connectivity index (χ3n) is 2.81. The standard InChI is InChI=1S/C13H20N2O2/c1-4-15(9-13(2,3)12(16)17)11-7-5-10(14)6-8-11/h5-8H,4,9,14H2,1-3H3,(H,16,17). The van der Waals surface area contributed by atoms with Crippen molar-refractivity contribution in [1.82, 2.24) is 0 Å². The van der Waals surface area contributed by atoms with Crippen molar-refractivity contribution in [1.29, 1.82) is 0 Å². The minimum Gasteiger partial charge on any atom is -0.481 e. The number of hydrogen-bond donors (Lipinski definition) is 2. The van der Waals surface area contributed by atoms with E-state index < -0.39 is 11.4 Å². The van der Waals surface area contributed by atoms with Gasteiger partial charge in [-0.1, -0.05) is 0 Å². The topological polar surface area (TPSA) is 66.6 Å². The molecule has 0 bridgehead atoms. The molecule has 0 aliphatic heterocycles. The molecule has 17 heavy (non-hydrogen) atoms. The van der Waals surface area contributed by atoms with Gasteiger partial charge in [0.05, 0.1) is 5.41 Å². The smallest absolute Gasteiger partial charge is 0.310 e. The molecule has 0 atom stereocenters. The number of benzene rings is 1. The summed E-state index contributed by atoms with van der Waals surface area (Å²) in [6, 6.07) is 7.48. The van der Waals surface area contributed by atoms with E-state index in [1.54, 1.807) is 13.8 Å². The average Bonchev–Trinajstić information content (AvgIpc) is 2.27. The second kappa shape index (κ2) is 5.08. The van der Waals surface area contributed by atoms with Gasteiger partial charge in [-0.3, -0.25) is 4.79 Å². The molecule has 1 aromatic rings. The van der Waals surface area contributed by atoms with Crippen LogP contribution < -0.4 is 10.6 Å². The number of nitrogens with zero attached hydrogens (tertiary/aromatic N) is 1. The molecule has 4 nitrogen and oxygen atoms in total. The van der Waals surface area contributed by atoms with E-state index in [4.69, 9.17) is 10.8 Å². The first-order valence-electron chi connectivity index (χ1n) is 5.70. The molecule has 0 spiro atoms. The molecule has 94 valence electrons. The van der Waals surface area contributed by atoms with Crippen molar-refractivity contribution in [3.8, 4) is 0 Å². The van der Waals surface area contributed by atoms with Crippen molar-refractivity contribution >= 4 is 17.3 Å². The summed E-state index contributed by atoms with van der Waals surface area (Å²) >= 11 is 0. The molecule has 0 aliphatic rings. The number of carboxylic acid groups (broad SMARTS) is 1. The van der Waals surface area contributed by atoms with Crippen LogP contribution in [0.1, 0.15) is 20.8 Å². The second-order valence-corrected chi connectivity index (χ2v) is 4.79. The number of carboxylic acids is 1. The van der Waals surface area contributed by atoms with Gasteiger partial charge in [-0.15, -0.1) is 0 Å². The van der Waals surface area contributed by atoms with Gasteiger partial charge in [0.2, 0.25) is 0 Å². The molecule has 0 saturated heterocycles. The van der Waals surface area contributed by atoms with E-state index in [0.29, 0.717) is 12.2 Å². The van der Waals surface area contributed by atoms with E-state index in [9.17, 15) is 4.79 Å². The van der Waals surface area contributed by atoms with Crippen molar-refractivity contribution in [3.63, 3.8) is 0 Å². The van der Waals surface area contributed by atoms with Crippen LogP contribution in [-0.2, 0) is 4.79 Å². The molecule has 4 heteroatoms. The highest BCUT2D eigenvalue weighted by Crippen LogP contribution is 2.23. The van der Waals surface area contributed by atoms with Crippen LogP contribution in [0.4, 0.5) is 11.4 Å². The van der Waals surface area contributed by atoms with Gasteiger partial charge in [-0.05, 0) is 45.0 Å². The molecule has 0 aliphatic carbocycles. The quantitative estimate of drug-likeness (QED) is 0.769. The maximum atomic E-state index is 11.1. The van der Waals surface area contributed by atoms with Crippen molar-refractivity contribution in [2.24, 2.45) is 5.41 Å². The fourth-order valence-corrected chi connectivity index (χ4v) is 1.62. The van der Waals surface area contributed by atoms with Gasteiger partial charge in [0, 0.05) is 24.5 Å². The third-order valence-corrected chi connectivity index (χ3v) is 2.81. The number of anilines is 2. The monoisotopic (exact) mass is 236 g/mol. The zero-order chi connectivity index (χ0) is 13.1. The van der Waals surface area contributed by atoms with Crippen LogP contribution in [0.15, 0.2) is 24.3 Å². The zero-order valence-electron chi connectivity index (χ0n) is 10.6. The minimum atomic E-state index is -0.786. The molecule has 0 radical (unpaired) electrons. The summed E-state index contributed by atoms with van der Waals surface area (Å²) in [4.78, 5) is 13.1. The number of carbonyl (C=O) groups is 1. The third kappa shape index (κ3) is 3.37. The summed E-state index contributed by atoms with van der Waals surface area (Å²) < 4.78 is 0. The van der Waals surface area contributed by atoms with Crippen molar-refractivity contribution in [2.45, 2.75) is 20.8 Å². The second-order valence-electron chi connectivity index (χ2n) is 4.79. The summed E-state index contributed by atoms with van der Waals surface area (Å²) in [6.45, 7) is 6.71. The van der Waals surface area contributed by atoms with Crippen LogP contribution in [0, 0.1) is 5.41 Å². The number of hydrogen-bond acceptors (Lipinski definition) is 3. The van der Waals surface area contributed by atoms with Gasteiger partial charge in [0.25, 0.3) is 0 Å². The molecule has 0 saturated carbocycles. The molecule has 3 N–H and O–H groups in total. The Morgan fingerprint density at radius 3 is 2.29 bits per heavy atom. The maximum absolute atomic E-state index is 11.1. The van der Waals surface area contributed by atoms with Crippen LogP contribution in [-0.4, -0.2) is 24.2 Å². The van der Waals surface area contributed by atoms with Gasteiger partial charge in [0.1, 0.15) is 0 Å². The lowest BCUT2D eigenvalue weighted by atomic mass is 9.93. The van der Waals surface area contributed by atoms with Gasteiger partial charge < -0.3 is 15.7 Å². The largest absolute Gasteiger partial charge is 0.481 e. The fraction of sp³-hybridized carbons (Fsp3) is 0.462. The highest BCUT2D eigenvalue weighted by atomic mass is 16.4. The summed E-state index contributed by atoms with van der Waals surface area (Å²) in [5.41, 5.74) is 6.57. The summed E-state index contributed by atoms with van der Waals surface area (Å²) in [5, 5.41) is 9.13. The maximum Gasteiger partial charge on any atom is 0.310 e. The van der Waals surface area contributed by atoms with Gasteiger partial charge in [0.15, 0.2) is 0 Å². The zero-order valence-corrected chi connectivity index (χ0v) is 10.6. The fourth-order valence-electron chi connectivity index (χ4n) is 1.62. The Hall–Kier alpha value is -1.71. The summed E-state index contributed by atoms with van der Waals surface area (Å²) in [7, 11) is 0. The number of rotatable bonds is 5. The molecule has 1 rings (SSSR count). The molecule has 0 amide bonds. The molecule has 0 fully saturated rings. The molecular weight excluding hydrogens is 216 g/mol. The van der Waals surface area contributed by atoms with Crippen LogP contribution >= 0.6 is 0 Å². The Bertz CT molecular complexity index is 385. The average molecular weight is 236 g/mol. The Labute approximate surface area is 102 Å². The lowest BCUT2D eigenvalue weighted by Crippen LogP contribution is -2.39. The Morgan fingerprint density at radius 2 is 1.88 bits per heavy atom. The lowest BCUT2D eigenvalue weighted by Gasteiger charge is -2.30. The van der Waals surface area contributed by atoms with Crippen molar-refractivity contribution < 1.29 is 9.90 Å². The SMILES string of the molecule is CCN(CC(C)(C)C(=O)O)c1ccc(N)cc1. The van der Waals surface area contributed by atoms with Crippen LogP contribution in [0.3, 0.4) is 0 Å².